The summed E-state index contributed by atoms with van der Waals surface area (Å²) in [6.45, 7) is -0.446. The molecule has 0 unspecified atom stereocenters. The molecule has 4 rings (SSSR count). The quantitative estimate of drug-likeness (QED) is 0.137. The number of ether oxygens (including phenoxy) is 2. The first-order valence-electron chi connectivity index (χ1n) is 12.2. The van der Waals surface area contributed by atoms with E-state index in [0.717, 1.165) is 22.0 Å². The van der Waals surface area contributed by atoms with Gasteiger partial charge in [0.2, 0.25) is 0 Å². The van der Waals surface area contributed by atoms with Crippen LogP contribution >= 0.6 is 39.1 Å². The van der Waals surface area contributed by atoms with Crippen LogP contribution in [-0.2, 0) is 21.4 Å². The minimum absolute atomic E-state index is 0.0248. The second kappa shape index (κ2) is 14.0. The van der Waals surface area contributed by atoms with Crippen LogP contribution in [0, 0.1) is 5.82 Å². The molecule has 42 heavy (non-hydrogen) atoms. The van der Waals surface area contributed by atoms with Crippen molar-refractivity contribution < 1.29 is 27.1 Å². The molecule has 0 spiro atoms. The van der Waals surface area contributed by atoms with Crippen LogP contribution in [0.4, 0.5) is 10.1 Å². The number of nitrogens with one attached hydrogen (secondary N) is 1. The number of carbonyl (C=O) groups is 1. The Balaban J connectivity index is 1.48. The molecule has 218 valence electrons. The predicted octanol–water partition coefficient (Wildman–Crippen LogP) is 6.83. The van der Waals surface area contributed by atoms with Gasteiger partial charge in [-0.1, -0.05) is 47.5 Å². The molecule has 0 atom stereocenters. The lowest BCUT2D eigenvalue weighted by Crippen LogP contribution is -2.39. The van der Waals surface area contributed by atoms with Gasteiger partial charge in [-0.15, -0.1) is 0 Å². The van der Waals surface area contributed by atoms with E-state index in [1.807, 2.05) is 0 Å². The standard InChI is InChI=1S/C29H23BrCl2FN3O5S/c1-40-27-14-19(13-25(30)29(27)41-18-20-7-8-21(31)15-26(20)32)16-34-35-28(37)17-36(23-11-9-22(33)10-12-23)42(38,39)24-5-3-2-4-6-24/h2-16H,17-18H2,1H3,(H,35,37)/b34-16-. The van der Waals surface area contributed by atoms with Crippen LogP contribution in [0.3, 0.4) is 0 Å². The van der Waals surface area contributed by atoms with Crippen molar-refractivity contribution in [2.75, 3.05) is 18.0 Å². The number of carbonyl (C=O) groups excluding carboxylic acids is 1. The average Bonchev–Trinajstić information content (AvgIpc) is 2.97. The van der Waals surface area contributed by atoms with Crippen molar-refractivity contribution in [1.29, 1.82) is 0 Å². The van der Waals surface area contributed by atoms with E-state index in [1.54, 1.807) is 48.5 Å². The van der Waals surface area contributed by atoms with Crippen LogP contribution in [0.2, 0.25) is 10.0 Å². The predicted molar refractivity (Wildman–Crippen MR) is 165 cm³/mol. The van der Waals surface area contributed by atoms with Gasteiger partial charge < -0.3 is 9.47 Å². The Morgan fingerprint density at radius 2 is 1.76 bits per heavy atom. The molecular formula is C29H23BrCl2FN3O5S. The van der Waals surface area contributed by atoms with Crippen LogP contribution in [-0.4, -0.2) is 34.2 Å². The molecule has 0 aliphatic rings. The molecule has 0 aliphatic carbocycles. The summed E-state index contributed by atoms with van der Waals surface area (Å²) in [7, 11) is -2.67. The number of hydrazone groups is 1. The number of rotatable bonds is 11. The van der Waals surface area contributed by atoms with E-state index >= 15 is 0 Å². The summed E-state index contributed by atoms with van der Waals surface area (Å²) in [6.07, 6.45) is 1.36. The molecule has 0 aromatic heterocycles. The fourth-order valence-electron chi connectivity index (χ4n) is 3.73. The second-order valence-electron chi connectivity index (χ2n) is 8.65. The van der Waals surface area contributed by atoms with Crippen molar-refractivity contribution >= 4 is 67.0 Å². The summed E-state index contributed by atoms with van der Waals surface area (Å²) in [5.74, 6) is -0.456. The van der Waals surface area contributed by atoms with E-state index in [2.05, 4.69) is 26.5 Å². The lowest BCUT2D eigenvalue weighted by molar-refractivity contribution is -0.119. The Hall–Kier alpha value is -3.64. The molecule has 0 radical (unpaired) electrons. The second-order valence-corrected chi connectivity index (χ2v) is 12.2. The first-order chi connectivity index (χ1) is 20.1. The largest absolute Gasteiger partial charge is 0.493 e. The summed E-state index contributed by atoms with van der Waals surface area (Å²) >= 11 is 15.7. The number of amides is 1. The summed E-state index contributed by atoms with van der Waals surface area (Å²) in [6, 6.07) is 20.8. The minimum Gasteiger partial charge on any atom is -0.493 e. The van der Waals surface area contributed by atoms with Gasteiger partial charge in [-0.3, -0.25) is 9.10 Å². The van der Waals surface area contributed by atoms with Crippen molar-refractivity contribution in [3.63, 3.8) is 0 Å². The molecule has 1 N–H and O–H groups in total. The molecular weight excluding hydrogens is 672 g/mol. The van der Waals surface area contributed by atoms with Crippen LogP contribution < -0.4 is 19.2 Å². The summed E-state index contributed by atoms with van der Waals surface area (Å²) in [5.41, 5.74) is 3.72. The van der Waals surface area contributed by atoms with Gasteiger partial charge in [-0.05, 0) is 82.2 Å². The van der Waals surface area contributed by atoms with Gasteiger partial charge in [-0.2, -0.15) is 5.10 Å². The van der Waals surface area contributed by atoms with Crippen molar-refractivity contribution in [3.8, 4) is 11.5 Å². The molecule has 0 heterocycles. The first kappa shape index (κ1) is 31.3. The van der Waals surface area contributed by atoms with Crippen LogP contribution in [0.25, 0.3) is 0 Å². The number of benzene rings is 4. The Morgan fingerprint density at radius 3 is 2.43 bits per heavy atom. The minimum atomic E-state index is -4.14. The van der Waals surface area contributed by atoms with Gasteiger partial charge in [-0.25, -0.2) is 18.2 Å². The zero-order valence-corrected chi connectivity index (χ0v) is 25.8. The molecule has 4 aromatic rings. The van der Waals surface area contributed by atoms with Gasteiger partial charge in [0.25, 0.3) is 15.9 Å². The van der Waals surface area contributed by atoms with Crippen molar-refractivity contribution in [2.24, 2.45) is 5.10 Å². The van der Waals surface area contributed by atoms with E-state index < -0.39 is 28.3 Å². The number of anilines is 1. The highest BCUT2D eigenvalue weighted by atomic mass is 79.9. The van der Waals surface area contributed by atoms with E-state index in [0.29, 0.717) is 31.6 Å². The third-order valence-electron chi connectivity index (χ3n) is 5.77. The molecule has 8 nitrogen and oxygen atoms in total. The van der Waals surface area contributed by atoms with Gasteiger partial charge >= 0.3 is 0 Å². The van der Waals surface area contributed by atoms with Gasteiger partial charge in [0, 0.05) is 15.6 Å². The number of nitrogens with zero attached hydrogens (tertiary/aromatic N) is 2. The molecule has 1 amide bonds. The monoisotopic (exact) mass is 693 g/mol. The van der Waals surface area contributed by atoms with Gasteiger partial charge in [0.1, 0.15) is 19.0 Å². The number of methoxy groups -OCH3 is 1. The summed E-state index contributed by atoms with van der Waals surface area (Å²) < 4.78 is 53.0. The third-order valence-corrected chi connectivity index (χ3v) is 8.74. The highest BCUT2D eigenvalue weighted by molar-refractivity contribution is 9.10. The van der Waals surface area contributed by atoms with Crippen LogP contribution in [0.5, 0.6) is 11.5 Å². The molecule has 0 aliphatic heterocycles. The summed E-state index contributed by atoms with van der Waals surface area (Å²) in [5, 5.41) is 4.94. The van der Waals surface area contributed by atoms with E-state index in [-0.39, 0.29) is 17.2 Å². The lowest BCUT2D eigenvalue weighted by atomic mass is 10.2. The molecule has 4 aromatic carbocycles. The highest BCUT2D eigenvalue weighted by Crippen LogP contribution is 2.37. The van der Waals surface area contributed by atoms with Crippen LogP contribution in [0.1, 0.15) is 11.1 Å². The van der Waals surface area contributed by atoms with E-state index in [9.17, 15) is 17.6 Å². The highest BCUT2D eigenvalue weighted by Gasteiger charge is 2.27. The topological polar surface area (TPSA) is 97.3 Å². The Kier molecular flexibility index (Phi) is 10.4. The fourth-order valence-corrected chi connectivity index (χ4v) is 6.21. The van der Waals surface area contributed by atoms with Crippen molar-refractivity contribution in [2.45, 2.75) is 11.5 Å². The average molecular weight is 695 g/mol. The maximum atomic E-state index is 13.5. The molecule has 0 bridgehead atoms. The number of hydrogen-bond donors (Lipinski definition) is 1. The maximum Gasteiger partial charge on any atom is 0.264 e. The first-order valence-corrected chi connectivity index (χ1v) is 15.2. The Bertz CT molecular complexity index is 1710. The summed E-state index contributed by atoms with van der Waals surface area (Å²) in [4.78, 5) is 12.8. The van der Waals surface area contributed by atoms with E-state index in [4.69, 9.17) is 32.7 Å². The van der Waals surface area contributed by atoms with Crippen molar-refractivity contribution in [1.82, 2.24) is 5.43 Å². The Morgan fingerprint density at radius 1 is 1.05 bits per heavy atom. The van der Waals surface area contributed by atoms with Gasteiger partial charge in [0.05, 0.1) is 28.4 Å². The maximum absolute atomic E-state index is 13.5. The molecule has 0 saturated carbocycles. The third kappa shape index (κ3) is 7.80. The zero-order valence-electron chi connectivity index (χ0n) is 21.9. The molecule has 0 fully saturated rings. The van der Waals surface area contributed by atoms with Crippen LogP contribution in [0.15, 0.2) is 99.4 Å². The molecule has 13 heteroatoms. The zero-order chi connectivity index (χ0) is 30.3. The number of halogens is 4. The number of hydrogen-bond acceptors (Lipinski definition) is 6. The fraction of sp³-hybridized carbons (Fsp3) is 0.103. The smallest absolute Gasteiger partial charge is 0.264 e. The van der Waals surface area contributed by atoms with Crippen molar-refractivity contribution in [3.05, 3.63) is 116 Å². The Labute approximate surface area is 260 Å². The SMILES string of the molecule is COc1cc(/C=N\NC(=O)CN(c2ccc(F)cc2)S(=O)(=O)c2ccccc2)cc(Br)c1OCc1ccc(Cl)cc1Cl. The normalized spacial score (nSPS) is 11.4. The van der Waals surface area contributed by atoms with E-state index in [1.165, 1.54) is 37.6 Å². The lowest BCUT2D eigenvalue weighted by Gasteiger charge is -2.23. The van der Waals surface area contributed by atoms with Gasteiger partial charge in [0.15, 0.2) is 11.5 Å². The molecule has 0 saturated heterocycles. The number of sulfonamides is 1.